The van der Waals surface area contributed by atoms with Crippen molar-refractivity contribution in [3.8, 4) is 11.5 Å². The fourth-order valence-corrected chi connectivity index (χ4v) is 4.96. The summed E-state index contributed by atoms with van der Waals surface area (Å²) in [4.78, 5) is 11.2. The molecule has 0 saturated carbocycles. The number of ether oxygens (including phenoxy) is 2. The summed E-state index contributed by atoms with van der Waals surface area (Å²) in [5.74, 6) is 0.891. The summed E-state index contributed by atoms with van der Waals surface area (Å²) < 4.78 is 10.9. The van der Waals surface area contributed by atoms with E-state index < -0.39 is 10.8 Å². The van der Waals surface area contributed by atoms with Gasteiger partial charge in [0.15, 0.2) is 0 Å². The van der Waals surface area contributed by atoms with Crippen LogP contribution in [0.15, 0.2) is 65.8 Å². The fourth-order valence-electron chi connectivity index (χ4n) is 3.69. The third kappa shape index (κ3) is 3.57. The molecule has 2 N–H and O–H groups in total. The van der Waals surface area contributed by atoms with Crippen LogP contribution in [0.3, 0.4) is 0 Å². The molecule has 0 spiro atoms. The number of hydrogen-bond donors (Lipinski definition) is 1. The van der Waals surface area contributed by atoms with Crippen LogP contribution in [0, 0.1) is 0 Å². The number of methoxy groups -OCH3 is 2. The summed E-state index contributed by atoms with van der Waals surface area (Å²) in [6.07, 6.45) is 0.130. The first kappa shape index (κ1) is 20.1. The molecule has 1 amide bonds. The first-order valence-electron chi connectivity index (χ1n) is 9.51. The van der Waals surface area contributed by atoms with Gasteiger partial charge in [-0.1, -0.05) is 54.2 Å². The lowest BCUT2D eigenvalue weighted by atomic mass is 10.1. The number of hydrogen-bond acceptors (Lipinski definition) is 6. The summed E-state index contributed by atoms with van der Waals surface area (Å²) in [6, 6.07) is 19.9. The van der Waals surface area contributed by atoms with Crippen molar-refractivity contribution in [2.45, 2.75) is 18.2 Å². The van der Waals surface area contributed by atoms with Crippen LogP contribution in [0.5, 0.6) is 11.5 Å². The molecule has 0 radical (unpaired) electrons. The largest absolute Gasteiger partial charge is 0.497 e. The van der Waals surface area contributed by atoms with E-state index in [0.29, 0.717) is 11.5 Å². The minimum Gasteiger partial charge on any atom is -0.497 e. The Bertz CT molecular complexity index is 1140. The van der Waals surface area contributed by atoms with Crippen LogP contribution in [0.2, 0.25) is 0 Å². The highest BCUT2D eigenvalue weighted by Gasteiger charge is 2.43. The Balaban J connectivity index is 1.86. The first-order valence-corrected chi connectivity index (χ1v) is 10.3. The molecule has 0 saturated heterocycles. The number of hydrazone groups is 1. The second-order valence-electron chi connectivity index (χ2n) is 7.20. The molecule has 6 nitrogen and oxygen atoms in total. The molecule has 3 aromatic carbocycles. The molecule has 3 aromatic rings. The van der Waals surface area contributed by atoms with Gasteiger partial charge in [-0.3, -0.25) is 4.79 Å². The maximum Gasteiger partial charge on any atom is 0.220 e. The zero-order chi connectivity index (χ0) is 21.3. The molecule has 1 heterocycles. The van der Waals surface area contributed by atoms with Crippen LogP contribution < -0.4 is 20.2 Å². The van der Waals surface area contributed by atoms with E-state index in [2.05, 4.69) is 18.2 Å². The van der Waals surface area contributed by atoms with E-state index in [1.165, 1.54) is 11.8 Å². The lowest BCUT2D eigenvalue weighted by Gasteiger charge is -2.33. The number of anilines is 1. The summed E-state index contributed by atoms with van der Waals surface area (Å²) in [5.41, 5.74) is 7.37. The Hall–Kier alpha value is -3.19. The molecule has 1 aliphatic rings. The second kappa shape index (κ2) is 7.91. The molecule has 0 fully saturated rings. The number of primary amides is 1. The van der Waals surface area contributed by atoms with Gasteiger partial charge in [-0.05, 0) is 29.8 Å². The Kier molecular flexibility index (Phi) is 5.30. The van der Waals surface area contributed by atoms with E-state index >= 15 is 0 Å². The van der Waals surface area contributed by atoms with Crippen molar-refractivity contribution in [2.75, 3.05) is 19.2 Å². The third-order valence-corrected chi connectivity index (χ3v) is 6.34. The molecule has 30 heavy (non-hydrogen) atoms. The fraction of sp³-hybridized carbons (Fsp3) is 0.217. The normalized spacial score (nSPS) is 18.4. The highest BCUT2D eigenvalue weighted by molar-refractivity contribution is 8.16. The van der Waals surface area contributed by atoms with Gasteiger partial charge in [-0.2, -0.15) is 5.10 Å². The molecule has 4 rings (SSSR count). The second-order valence-corrected chi connectivity index (χ2v) is 8.67. The zero-order valence-electron chi connectivity index (χ0n) is 17.1. The molecule has 7 heteroatoms. The Morgan fingerprint density at radius 2 is 1.87 bits per heavy atom. The number of fused-ring (bicyclic) bond motifs is 1. The minimum absolute atomic E-state index is 0.130. The lowest BCUT2D eigenvalue weighted by molar-refractivity contribution is -0.118. The number of nitrogens with zero attached hydrogens (tertiary/aromatic N) is 2. The molecule has 1 atom stereocenters. The number of benzene rings is 3. The number of nitrogens with two attached hydrogens (primary N) is 1. The van der Waals surface area contributed by atoms with Crippen molar-refractivity contribution in [3.05, 3.63) is 66.2 Å². The van der Waals surface area contributed by atoms with Gasteiger partial charge in [0.2, 0.25) is 5.91 Å². The Morgan fingerprint density at radius 3 is 2.60 bits per heavy atom. The molecular weight excluding hydrogens is 398 g/mol. The van der Waals surface area contributed by atoms with Crippen molar-refractivity contribution in [1.29, 1.82) is 0 Å². The topological polar surface area (TPSA) is 77.1 Å². The molecule has 1 unspecified atom stereocenters. The predicted octanol–water partition coefficient (Wildman–Crippen LogP) is 4.36. The van der Waals surface area contributed by atoms with Crippen molar-refractivity contribution < 1.29 is 14.3 Å². The standard InChI is InChI=1S/C23H23N3O3S/c1-23(14-21(24)27)26(19-12-11-16(28-2)13-20(19)29-3)25-22(30-23)18-10-6-8-15-7-4-5-9-17(15)18/h4-13H,14H2,1-3H3,(H2,24,27). The highest BCUT2D eigenvalue weighted by Crippen LogP contribution is 2.48. The van der Waals surface area contributed by atoms with Gasteiger partial charge in [-0.15, -0.1) is 0 Å². The van der Waals surface area contributed by atoms with Crippen LogP contribution in [0.4, 0.5) is 5.69 Å². The van der Waals surface area contributed by atoms with Gasteiger partial charge < -0.3 is 15.2 Å². The smallest absolute Gasteiger partial charge is 0.220 e. The maximum atomic E-state index is 11.9. The van der Waals surface area contributed by atoms with E-state index in [-0.39, 0.29) is 6.42 Å². The van der Waals surface area contributed by atoms with E-state index in [0.717, 1.165) is 27.1 Å². The van der Waals surface area contributed by atoms with Gasteiger partial charge >= 0.3 is 0 Å². The highest BCUT2D eigenvalue weighted by atomic mass is 32.2. The average molecular weight is 422 g/mol. The Morgan fingerprint density at radius 1 is 1.10 bits per heavy atom. The number of thioether (sulfide) groups is 1. The van der Waals surface area contributed by atoms with Crippen LogP contribution >= 0.6 is 11.8 Å². The number of rotatable bonds is 6. The van der Waals surface area contributed by atoms with Gasteiger partial charge in [0.05, 0.1) is 20.6 Å². The molecule has 1 aliphatic heterocycles. The molecule has 0 aromatic heterocycles. The van der Waals surface area contributed by atoms with E-state index in [1.54, 1.807) is 20.3 Å². The first-order chi connectivity index (χ1) is 14.4. The van der Waals surface area contributed by atoms with Crippen molar-refractivity contribution >= 4 is 39.2 Å². The SMILES string of the molecule is COc1ccc(N2N=C(c3cccc4ccccc34)SC2(C)CC(N)=O)c(OC)c1. The van der Waals surface area contributed by atoms with Crippen molar-refractivity contribution in [1.82, 2.24) is 0 Å². The monoisotopic (exact) mass is 421 g/mol. The number of carbonyl (C=O) groups is 1. The van der Waals surface area contributed by atoms with Crippen LogP contribution in [0.1, 0.15) is 18.9 Å². The van der Waals surface area contributed by atoms with Crippen LogP contribution in [-0.4, -0.2) is 30.0 Å². The minimum atomic E-state index is -0.694. The maximum absolute atomic E-state index is 11.9. The predicted molar refractivity (Wildman–Crippen MR) is 122 cm³/mol. The van der Waals surface area contributed by atoms with E-state index in [1.807, 2.05) is 48.3 Å². The van der Waals surface area contributed by atoms with E-state index in [9.17, 15) is 4.79 Å². The van der Waals surface area contributed by atoms with Crippen LogP contribution in [0.25, 0.3) is 10.8 Å². The van der Waals surface area contributed by atoms with Crippen molar-refractivity contribution in [3.63, 3.8) is 0 Å². The summed E-state index contributed by atoms with van der Waals surface area (Å²) in [6.45, 7) is 1.97. The summed E-state index contributed by atoms with van der Waals surface area (Å²) in [5, 5.41) is 9.83. The van der Waals surface area contributed by atoms with Gasteiger partial charge in [0, 0.05) is 11.6 Å². The van der Waals surface area contributed by atoms with Gasteiger partial charge in [0.25, 0.3) is 0 Å². The molecule has 0 aliphatic carbocycles. The zero-order valence-corrected chi connectivity index (χ0v) is 17.9. The van der Waals surface area contributed by atoms with E-state index in [4.69, 9.17) is 20.3 Å². The van der Waals surface area contributed by atoms with Gasteiger partial charge in [-0.25, -0.2) is 5.01 Å². The molecular formula is C23H23N3O3S. The van der Waals surface area contributed by atoms with Gasteiger partial charge in [0.1, 0.15) is 27.1 Å². The number of carbonyl (C=O) groups excluding carboxylic acids is 1. The van der Waals surface area contributed by atoms with Crippen molar-refractivity contribution in [2.24, 2.45) is 10.8 Å². The molecule has 154 valence electrons. The lowest BCUT2D eigenvalue weighted by Crippen LogP contribution is -2.40. The van der Waals surface area contributed by atoms with Crippen LogP contribution in [-0.2, 0) is 4.79 Å². The molecule has 0 bridgehead atoms. The quantitative estimate of drug-likeness (QED) is 0.640. The third-order valence-electron chi connectivity index (χ3n) is 5.09. The summed E-state index contributed by atoms with van der Waals surface area (Å²) >= 11 is 1.53. The Labute approximate surface area is 179 Å². The number of amides is 1. The average Bonchev–Trinajstić information content (AvgIpc) is 3.08. The summed E-state index contributed by atoms with van der Waals surface area (Å²) in [7, 11) is 3.20.